The van der Waals surface area contributed by atoms with Crippen LogP contribution in [0.3, 0.4) is 0 Å². The van der Waals surface area contributed by atoms with E-state index in [1.165, 1.54) is 0 Å². The fraction of sp³-hybridized carbons (Fsp3) is 0.471. The minimum absolute atomic E-state index is 0.152. The summed E-state index contributed by atoms with van der Waals surface area (Å²) in [5, 5.41) is 17.3. The number of aromatic nitrogens is 2. The molecule has 0 radical (unpaired) electrons. The third-order valence-electron chi connectivity index (χ3n) is 4.28. The van der Waals surface area contributed by atoms with Gasteiger partial charge in [0.05, 0.1) is 19.7 Å². The van der Waals surface area contributed by atoms with Crippen LogP contribution in [0.4, 0.5) is 4.79 Å². The second-order valence-corrected chi connectivity index (χ2v) is 6.08. The average Bonchev–Trinajstić information content (AvgIpc) is 3.26. The Morgan fingerprint density at radius 2 is 2.24 bits per heavy atom. The van der Waals surface area contributed by atoms with Crippen LogP contribution in [0.2, 0.25) is 0 Å². The fourth-order valence-electron chi connectivity index (χ4n) is 2.87. The number of hydrogen-bond acceptors (Lipinski definition) is 6. The van der Waals surface area contributed by atoms with E-state index < -0.39 is 5.60 Å². The topological polar surface area (TPSA) is 101 Å². The molecular weight excluding hydrogens is 324 g/mol. The lowest BCUT2D eigenvalue weighted by atomic mass is 9.93. The number of likely N-dealkylation sites (tertiary alicyclic amines) is 1. The molecule has 1 aromatic carbocycles. The van der Waals surface area contributed by atoms with Gasteiger partial charge in [-0.15, -0.1) is 0 Å². The van der Waals surface area contributed by atoms with Gasteiger partial charge in [-0.25, -0.2) is 4.79 Å². The van der Waals surface area contributed by atoms with Crippen molar-refractivity contribution in [2.45, 2.75) is 25.0 Å². The smallest absolute Gasteiger partial charge is 0.317 e. The van der Waals surface area contributed by atoms with E-state index in [-0.39, 0.29) is 19.1 Å². The molecule has 1 aliphatic heterocycles. The van der Waals surface area contributed by atoms with E-state index in [0.717, 1.165) is 5.56 Å². The highest BCUT2D eigenvalue weighted by Crippen LogP contribution is 2.31. The van der Waals surface area contributed by atoms with Crippen LogP contribution in [-0.4, -0.2) is 53.0 Å². The number of methoxy groups -OCH3 is 1. The molecular formula is C17H22N4O4. The number of carbonyl (C=O) groups is 1. The molecule has 2 N–H and O–H groups in total. The summed E-state index contributed by atoms with van der Waals surface area (Å²) in [4.78, 5) is 18.1. The quantitative estimate of drug-likeness (QED) is 0.811. The van der Waals surface area contributed by atoms with Gasteiger partial charge in [0, 0.05) is 20.1 Å². The van der Waals surface area contributed by atoms with Gasteiger partial charge in [-0.1, -0.05) is 35.5 Å². The number of amides is 2. The molecule has 0 saturated carbocycles. The van der Waals surface area contributed by atoms with Crippen molar-refractivity contribution in [2.75, 3.05) is 26.8 Å². The maximum Gasteiger partial charge on any atom is 0.317 e. The molecule has 134 valence electrons. The Morgan fingerprint density at radius 3 is 3.00 bits per heavy atom. The average molecular weight is 346 g/mol. The largest absolute Gasteiger partial charge is 0.384 e. The maximum absolute atomic E-state index is 12.3. The number of ether oxygens (including phenoxy) is 1. The van der Waals surface area contributed by atoms with Gasteiger partial charge in [0.2, 0.25) is 5.89 Å². The predicted octanol–water partition coefficient (Wildman–Crippen LogP) is 1.06. The van der Waals surface area contributed by atoms with E-state index in [1.54, 1.807) is 12.0 Å². The van der Waals surface area contributed by atoms with Crippen LogP contribution in [0.15, 0.2) is 34.9 Å². The summed E-state index contributed by atoms with van der Waals surface area (Å²) in [5.74, 6) is 0.891. The Hall–Kier alpha value is -2.45. The van der Waals surface area contributed by atoms with E-state index in [1.807, 2.05) is 30.3 Å². The third kappa shape index (κ3) is 4.15. The molecule has 0 spiro atoms. The number of carbonyl (C=O) groups excluding carboxylic acids is 1. The van der Waals surface area contributed by atoms with Crippen molar-refractivity contribution in [3.05, 3.63) is 47.6 Å². The van der Waals surface area contributed by atoms with Crippen molar-refractivity contribution >= 4 is 6.03 Å². The highest BCUT2D eigenvalue weighted by atomic mass is 16.5. The zero-order valence-corrected chi connectivity index (χ0v) is 14.1. The molecule has 1 saturated heterocycles. The van der Waals surface area contributed by atoms with Crippen LogP contribution in [0, 0.1) is 0 Å². The lowest BCUT2D eigenvalue weighted by Crippen LogP contribution is -2.40. The van der Waals surface area contributed by atoms with Crippen molar-refractivity contribution < 1.29 is 19.2 Å². The summed E-state index contributed by atoms with van der Waals surface area (Å²) in [5.41, 5.74) is -0.180. The molecule has 2 heterocycles. The number of nitrogens with one attached hydrogen (secondary N) is 1. The highest BCUT2D eigenvalue weighted by Gasteiger charge is 2.39. The van der Waals surface area contributed by atoms with Crippen LogP contribution in [0.5, 0.6) is 0 Å². The maximum atomic E-state index is 12.3. The summed E-state index contributed by atoms with van der Waals surface area (Å²) < 4.78 is 10.0. The molecule has 1 atom stereocenters. The number of rotatable bonds is 6. The summed E-state index contributed by atoms with van der Waals surface area (Å²) in [6, 6.07) is 9.16. The lowest BCUT2D eigenvalue weighted by Gasteiger charge is -2.23. The van der Waals surface area contributed by atoms with Gasteiger partial charge in [0.25, 0.3) is 0 Å². The van der Waals surface area contributed by atoms with Crippen LogP contribution in [0.25, 0.3) is 0 Å². The van der Waals surface area contributed by atoms with E-state index in [4.69, 9.17) is 9.26 Å². The normalized spacial score (nSPS) is 20.0. The van der Waals surface area contributed by atoms with Gasteiger partial charge >= 0.3 is 6.03 Å². The monoisotopic (exact) mass is 346 g/mol. The first-order chi connectivity index (χ1) is 12.1. The second-order valence-electron chi connectivity index (χ2n) is 6.08. The standard InChI is InChI=1S/C17H22N4O4/c1-24-10-7-14-19-15(25-20-14)11-18-16(22)21-9-8-17(23,12-21)13-5-3-2-4-6-13/h2-6,23H,7-12H2,1H3,(H,18,22). The Kier molecular flexibility index (Phi) is 5.30. The highest BCUT2D eigenvalue weighted by molar-refractivity contribution is 5.74. The zero-order chi connectivity index (χ0) is 17.7. The molecule has 8 heteroatoms. The van der Waals surface area contributed by atoms with Gasteiger partial charge in [-0.05, 0) is 12.0 Å². The molecule has 8 nitrogen and oxygen atoms in total. The fourth-order valence-corrected chi connectivity index (χ4v) is 2.87. The zero-order valence-electron chi connectivity index (χ0n) is 14.1. The van der Waals surface area contributed by atoms with Gasteiger partial charge in [0.1, 0.15) is 5.60 Å². The van der Waals surface area contributed by atoms with Crippen LogP contribution in [0.1, 0.15) is 23.7 Å². The van der Waals surface area contributed by atoms with E-state index >= 15 is 0 Å². The lowest BCUT2D eigenvalue weighted by molar-refractivity contribution is 0.0493. The van der Waals surface area contributed by atoms with Crippen molar-refractivity contribution in [3.63, 3.8) is 0 Å². The molecule has 0 aliphatic carbocycles. The first-order valence-corrected chi connectivity index (χ1v) is 8.22. The number of hydrogen-bond donors (Lipinski definition) is 2. The molecule has 2 amide bonds. The van der Waals surface area contributed by atoms with Gasteiger partial charge in [-0.2, -0.15) is 4.98 Å². The SMILES string of the molecule is COCCc1noc(CNC(=O)N2CCC(O)(c3ccccc3)C2)n1. The van der Waals surface area contributed by atoms with Crippen LogP contribution in [-0.2, 0) is 23.3 Å². The number of nitrogens with zero attached hydrogens (tertiary/aromatic N) is 3. The van der Waals surface area contributed by atoms with E-state index in [0.29, 0.717) is 37.7 Å². The first-order valence-electron chi connectivity index (χ1n) is 8.22. The summed E-state index contributed by atoms with van der Waals surface area (Å²) in [7, 11) is 1.61. The second kappa shape index (κ2) is 7.62. The summed E-state index contributed by atoms with van der Waals surface area (Å²) in [6.45, 7) is 1.40. The Morgan fingerprint density at radius 1 is 1.44 bits per heavy atom. The molecule has 1 aliphatic rings. The van der Waals surface area contributed by atoms with E-state index in [9.17, 15) is 9.90 Å². The first kappa shape index (κ1) is 17.4. The summed E-state index contributed by atoms with van der Waals surface area (Å²) in [6.07, 6.45) is 1.07. The van der Waals surface area contributed by atoms with Gasteiger partial charge < -0.3 is 24.6 Å². The van der Waals surface area contributed by atoms with Crippen molar-refractivity contribution in [1.29, 1.82) is 0 Å². The van der Waals surface area contributed by atoms with E-state index in [2.05, 4.69) is 15.5 Å². The number of urea groups is 1. The molecule has 25 heavy (non-hydrogen) atoms. The molecule has 1 unspecified atom stereocenters. The summed E-state index contributed by atoms with van der Waals surface area (Å²) >= 11 is 0. The number of β-amino-alcohol motifs (C(OH)–C–C–N with tert-alkyl or cyclic N) is 1. The number of aliphatic hydroxyl groups is 1. The Bertz CT molecular complexity index is 706. The molecule has 3 rings (SSSR count). The minimum atomic E-state index is -1.00. The van der Waals surface area contributed by atoms with Crippen molar-refractivity contribution in [3.8, 4) is 0 Å². The molecule has 0 bridgehead atoms. The Labute approximate surface area is 145 Å². The van der Waals surface area contributed by atoms with Crippen LogP contribution < -0.4 is 5.32 Å². The van der Waals surface area contributed by atoms with Crippen LogP contribution >= 0.6 is 0 Å². The molecule has 2 aromatic rings. The van der Waals surface area contributed by atoms with Gasteiger partial charge in [-0.3, -0.25) is 0 Å². The predicted molar refractivity (Wildman–Crippen MR) is 88.6 cm³/mol. The Balaban J connectivity index is 1.52. The number of benzene rings is 1. The molecule has 1 fully saturated rings. The third-order valence-corrected chi connectivity index (χ3v) is 4.28. The molecule has 1 aromatic heterocycles. The minimum Gasteiger partial charge on any atom is -0.384 e. The van der Waals surface area contributed by atoms with Crippen molar-refractivity contribution in [2.24, 2.45) is 0 Å². The van der Waals surface area contributed by atoms with Gasteiger partial charge in [0.15, 0.2) is 5.82 Å². The van der Waals surface area contributed by atoms with Crippen molar-refractivity contribution in [1.82, 2.24) is 20.4 Å².